The maximum Gasteiger partial charge on any atom is 0.433 e. The van der Waals surface area contributed by atoms with Crippen LogP contribution >= 0.6 is 0 Å². The Labute approximate surface area is 163 Å². The first-order valence-corrected chi connectivity index (χ1v) is 8.72. The number of carboxylic acid groups (broad SMARTS) is 1. The summed E-state index contributed by atoms with van der Waals surface area (Å²) in [5.41, 5.74) is -0.638. The van der Waals surface area contributed by atoms with Crippen molar-refractivity contribution in [3.63, 3.8) is 0 Å². The van der Waals surface area contributed by atoms with Gasteiger partial charge in [-0.15, -0.1) is 0 Å². The largest absolute Gasteiger partial charge is 0.478 e. The topological polar surface area (TPSA) is 73.7 Å². The molecule has 1 aliphatic heterocycles. The Kier molecular flexibility index (Phi) is 5.71. The van der Waals surface area contributed by atoms with Gasteiger partial charge in [-0.05, 0) is 36.2 Å². The molecule has 2 heterocycles. The lowest BCUT2D eigenvalue weighted by Crippen LogP contribution is -2.42. The van der Waals surface area contributed by atoms with E-state index < -0.39 is 30.0 Å². The Morgan fingerprint density at radius 1 is 1.17 bits per heavy atom. The van der Waals surface area contributed by atoms with E-state index in [2.05, 4.69) is 4.98 Å². The summed E-state index contributed by atoms with van der Waals surface area (Å²) < 4.78 is 52.7. The van der Waals surface area contributed by atoms with Gasteiger partial charge >= 0.3 is 18.2 Å². The number of urea groups is 1. The first-order valence-electron chi connectivity index (χ1n) is 8.72. The number of halogens is 4. The molecule has 10 heteroatoms. The summed E-state index contributed by atoms with van der Waals surface area (Å²) in [7, 11) is 0. The SMILES string of the molecule is O=C(O)c1ccc(CN(C(=O)N2CC[C@H](F)C2)c2cccc(C(F)(F)F)n2)cc1. The molecule has 1 aromatic carbocycles. The number of benzene rings is 1. The van der Waals surface area contributed by atoms with Crippen molar-refractivity contribution in [3.8, 4) is 0 Å². The number of likely N-dealkylation sites (tertiary alicyclic amines) is 1. The monoisotopic (exact) mass is 411 g/mol. The van der Waals surface area contributed by atoms with Crippen LogP contribution in [0.5, 0.6) is 0 Å². The van der Waals surface area contributed by atoms with Crippen LogP contribution in [0.15, 0.2) is 42.5 Å². The van der Waals surface area contributed by atoms with Crippen LogP contribution in [0.4, 0.5) is 28.2 Å². The minimum atomic E-state index is -4.69. The molecule has 3 rings (SSSR count). The van der Waals surface area contributed by atoms with E-state index in [1.807, 2.05) is 0 Å². The molecular formula is C19H17F4N3O3. The van der Waals surface area contributed by atoms with Gasteiger partial charge in [0.05, 0.1) is 18.7 Å². The zero-order valence-electron chi connectivity index (χ0n) is 15.1. The van der Waals surface area contributed by atoms with Crippen LogP contribution in [-0.2, 0) is 12.7 Å². The zero-order chi connectivity index (χ0) is 21.2. The van der Waals surface area contributed by atoms with Crippen LogP contribution in [0, 0.1) is 0 Å². The van der Waals surface area contributed by atoms with Crippen molar-refractivity contribution in [2.45, 2.75) is 25.3 Å². The van der Waals surface area contributed by atoms with E-state index in [0.717, 1.165) is 17.0 Å². The average Bonchev–Trinajstić information content (AvgIpc) is 3.12. The molecule has 0 radical (unpaired) electrons. The van der Waals surface area contributed by atoms with Crippen LogP contribution in [0.1, 0.15) is 28.0 Å². The molecule has 0 aliphatic carbocycles. The number of aromatic carboxylic acids is 1. The number of pyridine rings is 1. The van der Waals surface area contributed by atoms with E-state index in [1.165, 1.54) is 35.2 Å². The molecule has 1 saturated heterocycles. The number of carbonyl (C=O) groups is 2. The fourth-order valence-corrected chi connectivity index (χ4v) is 2.98. The molecule has 1 aromatic heterocycles. The zero-order valence-corrected chi connectivity index (χ0v) is 15.1. The smallest absolute Gasteiger partial charge is 0.433 e. The van der Waals surface area contributed by atoms with Crippen molar-refractivity contribution in [3.05, 3.63) is 59.3 Å². The summed E-state index contributed by atoms with van der Waals surface area (Å²) in [6.45, 7) is -0.153. The Hall–Kier alpha value is -3.17. The average molecular weight is 411 g/mol. The van der Waals surface area contributed by atoms with Crippen LogP contribution in [0.2, 0.25) is 0 Å². The van der Waals surface area contributed by atoms with Gasteiger partial charge in [-0.1, -0.05) is 18.2 Å². The first-order chi connectivity index (χ1) is 13.6. The second kappa shape index (κ2) is 8.06. The van der Waals surface area contributed by atoms with Gasteiger partial charge in [-0.25, -0.2) is 19.0 Å². The van der Waals surface area contributed by atoms with Crippen LogP contribution in [0.25, 0.3) is 0 Å². The van der Waals surface area contributed by atoms with Gasteiger partial charge in [0.2, 0.25) is 0 Å². The molecule has 0 saturated carbocycles. The van der Waals surface area contributed by atoms with Gasteiger partial charge in [0, 0.05) is 6.54 Å². The lowest BCUT2D eigenvalue weighted by atomic mass is 10.1. The standard InChI is InChI=1S/C19H17F4N3O3/c20-14-8-9-25(11-14)18(29)26(10-12-4-6-13(7-5-12)17(27)28)16-3-1-2-15(24-16)19(21,22)23/h1-7,14H,8-11H2,(H,27,28)/t14-/m0/s1. The highest BCUT2D eigenvalue weighted by atomic mass is 19.4. The second-order valence-electron chi connectivity index (χ2n) is 6.58. The Balaban J connectivity index is 1.93. The molecule has 2 aromatic rings. The van der Waals surface area contributed by atoms with Crippen LogP contribution < -0.4 is 4.90 Å². The number of anilines is 1. The van der Waals surface area contributed by atoms with E-state index in [9.17, 15) is 27.2 Å². The molecule has 1 atom stereocenters. The Morgan fingerprint density at radius 2 is 1.86 bits per heavy atom. The second-order valence-corrected chi connectivity index (χ2v) is 6.58. The third-order valence-electron chi connectivity index (χ3n) is 4.48. The lowest BCUT2D eigenvalue weighted by molar-refractivity contribution is -0.141. The molecule has 6 nitrogen and oxygen atoms in total. The van der Waals surface area contributed by atoms with Crippen LogP contribution in [0.3, 0.4) is 0 Å². The number of rotatable bonds is 4. The van der Waals surface area contributed by atoms with Crippen molar-refractivity contribution in [1.29, 1.82) is 0 Å². The molecule has 1 aliphatic rings. The summed E-state index contributed by atoms with van der Waals surface area (Å²) >= 11 is 0. The number of hydrogen-bond acceptors (Lipinski definition) is 3. The highest BCUT2D eigenvalue weighted by Crippen LogP contribution is 2.30. The quantitative estimate of drug-likeness (QED) is 0.773. The molecule has 0 spiro atoms. The van der Waals surface area contributed by atoms with E-state index in [0.29, 0.717) is 5.56 Å². The molecule has 29 heavy (non-hydrogen) atoms. The van der Waals surface area contributed by atoms with Crippen molar-refractivity contribution in [2.75, 3.05) is 18.0 Å². The molecular weight excluding hydrogens is 394 g/mol. The minimum Gasteiger partial charge on any atom is -0.478 e. The van der Waals surface area contributed by atoms with E-state index in [1.54, 1.807) is 0 Å². The van der Waals surface area contributed by atoms with E-state index in [4.69, 9.17) is 5.11 Å². The molecule has 2 amide bonds. The number of carbonyl (C=O) groups excluding carboxylic acids is 1. The molecule has 154 valence electrons. The predicted octanol–water partition coefficient (Wildman–Crippen LogP) is 3.97. The number of carboxylic acids is 1. The van der Waals surface area contributed by atoms with Crippen molar-refractivity contribution >= 4 is 17.8 Å². The van der Waals surface area contributed by atoms with E-state index >= 15 is 0 Å². The highest BCUT2D eigenvalue weighted by Gasteiger charge is 2.35. The number of amides is 2. The van der Waals surface area contributed by atoms with Gasteiger partial charge in [-0.2, -0.15) is 13.2 Å². The Bertz CT molecular complexity index is 902. The molecule has 1 N–H and O–H groups in total. The summed E-state index contributed by atoms with van der Waals surface area (Å²) in [6.07, 6.45) is -5.72. The molecule has 1 fully saturated rings. The van der Waals surface area contributed by atoms with Crippen molar-refractivity contribution in [2.24, 2.45) is 0 Å². The van der Waals surface area contributed by atoms with Crippen LogP contribution in [-0.4, -0.2) is 46.3 Å². The van der Waals surface area contributed by atoms with Gasteiger partial charge < -0.3 is 10.0 Å². The Morgan fingerprint density at radius 3 is 2.41 bits per heavy atom. The summed E-state index contributed by atoms with van der Waals surface area (Å²) in [5.74, 6) is -1.36. The first kappa shape index (κ1) is 20.6. The lowest BCUT2D eigenvalue weighted by Gasteiger charge is -2.27. The van der Waals surface area contributed by atoms with Crippen molar-refractivity contribution in [1.82, 2.24) is 9.88 Å². The fraction of sp³-hybridized carbons (Fsp3) is 0.316. The fourth-order valence-electron chi connectivity index (χ4n) is 2.98. The summed E-state index contributed by atoms with van der Waals surface area (Å²) in [6, 6.07) is 8.10. The molecule has 0 bridgehead atoms. The molecule has 0 unspecified atom stereocenters. The van der Waals surface area contributed by atoms with Crippen molar-refractivity contribution < 1.29 is 32.3 Å². The van der Waals surface area contributed by atoms with Gasteiger partial charge in [0.25, 0.3) is 0 Å². The third-order valence-corrected chi connectivity index (χ3v) is 4.48. The minimum absolute atomic E-state index is 0.0311. The highest BCUT2D eigenvalue weighted by molar-refractivity contribution is 5.91. The van der Waals surface area contributed by atoms with Gasteiger partial charge in [0.15, 0.2) is 0 Å². The van der Waals surface area contributed by atoms with Gasteiger partial charge in [-0.3, -0.25) is 4.90 Å². The predicted molar refractivity (Wildman–Crippen MR) is 95.3 cm³/mol. The number of alkyl halides is 4. The maximum absolute atomic E-state index is 13.5. The van der Waals surface area contributed by atoms with Gasteiger partial charge in [0.1, 0.15) is 17.7 Å². The number of nitrogens with zero attached hydrogens (tertiary/aromatic N) is 3. The normalized spacial score (nSPS) is 16.7. The summed E-state index contributed by atoms with van der Waals surface area (Å²) in [4.78, 5) is 29.7. The number of hydrogen-bond donors (Lipinski definition) is 1. The van der Waals surface area contributed by atoms with E-state index in [-0.39, 0.29) is 37.4 Å². The number of aromatic nitrogens is 1. The third kappa shape index (κ3) is 4.82. The maximum atomic E-state index is 13.5. The summed E-state index contributed by atoms with van der Waals surface area (Å²) in [5, 5.41) is 8.98.